The SMILES string of the molecule is CC(C(=O)Oc1ccc2cc(C(=N)N)ccc2c1)c1ccc(N=C(N)N)cc1. The molecule has 3 aromatic rings. The zero-order chi connectivity index (χ0) is 20.3. The van der Waals surface area contributed by atoms with Crippen molar-refractivity contribution in [3.05, 3.63) is 71.8 Å². The molecule has 3 aromatic carbocycles. The van der Waals surface area contributed by atoms with Crippen molar-refractivity contribution in [1.29, 1.82) is 5.41 Å². The van der Waals surface area contributed by atoms with Crippen LogP contribution < -0.4 is 21.9 Å². The van der Waals surface area contributed by atoms with Crippen LogP contribution in [0.1, 0.15) is 24.0 Å². The van der Waals surface area contributed by atoms with E-state index in [4.69, 9.17) is 27.3 Å². The molecule has 7 N–H and O–H groups in total. The first-order chi connectivity index (χ1) is 13.3. The zero-order valence-corrected chi connectivity index (χ0v) is 15.3. The first-order valence-corrected chi connectivity index (χ1v) is 8.63. The molecule has 1 atom stereocenters. The summed E-state index contributed by atoms with van der Waals surface area (Å²) in [4.78, 5) is 16.5. The maximum Gasteiger partial charge on any atom is 0.318 e. The highest BCUT2D eigenvalue weighted by atomic mass is 16.5. The third kappa shape index (κ3) is 4.27. The highest BCUT2D eigenvalue weighted by Crippen LogP contribution is 2.25. The van der Waals surface area contributed by atoms with Crippen LogP contribution in [0.25, 0.3) is 10.8 Å². The number of rotatable bonds is 5. The summed E-state index contributed by atoms with van der Waals surface area (Å²) in [6, 6.07) is 17.8. The van der Waals surface area contributed by atoms with E-state index in [2.05, 4.69) is 4.99 Å². The molecule has 0 aliphatic carbocycles. The van der Waals surface area contributed by atoms with Crippen LogP contribution in [0.3, 0.4) is 0 Å². The van der Waals surface area contributed by atoms with Crippen LogP contribution in [0.4, 0.5) is 5.69 Å². The normalized spacial score (nSPS) is 11.6. The Labute approximate surface area is 162 Å². The number of hydrogen-bond donors (Lipinski definition) is 4. The molecule has 0 radical (unpaired) electrons. The Bertz CT molecular complexity index is 1070. The molecule has 0 aliphatic heterocycles. The number of nitrogen functional groups attached to an aromatic ring is 1. The zero-order valence-electron chi connectivity index (χ0n) is 15.3. The van der Waals surface area contributed by atoms with E-state index >= 15 is 0 Å². The molecule has 0 aliphatic rings. The molecule has 28 heavy (non-hydrogen) atoms. The summed E-state index contributed by atoms with van der Waals surface area (Å²) in [5, 5.41) is 9.32. The van der Waals surface area contributed by atoms with Crippen molar-refractivity contribution in [2.45, 2.75) is 12.8 Å². The summed E-state index contributed by atoms with van der Waals surface area (Å²) in [6.07, 6.45) is 0. The van der Waals surface area contributed by atoms with Gasteiger partial charge in [0.15, 0.2) is 5.96 Å². The topological polar surface area (TPSA) is 141 Å². The summed E-state index contributed by atoms with van der Waals surface area (Å²) in [5.41, 5.74) is 18.3. The van der Waals surface area contributed by atoms with Crippen LogP contribution in [0.2, 0.25) is 0 Å². The monoisotopic (exact) mass is 375 g/mol. The van der Waals surface area contributed by atoms with E-state index in [9.17, 15) is 4.79 Å². The number of carbonyl (C=O) groups is 1. The van der Waals surface area contributed by atoms with E-state index in [1.54, 1.807) is 49.4 Å². The maximum absolute atomic E-state index is 12.5. The molecule has 7 nitrogen and oxygen atoms in total. The van der Waals surface area contributed by atoms with Gasteiger partial charge in [-0.05, 0) is 53.6 Å². The number of amidine groups is 1. The van der Waals surface area contributed by atoms with E-state index in [1.807, 2.05) is 18.2 Å². The second-order valence-electron chi connectivity index (χ2n) is 6.41. The maximum atomic E-state index is 12.5. The van der Waals surface area contributed by atoms with E-state index in [0.717, 1.165) is 16.3 Å². The van der Waals surface area contributed by atoms with Crippen LogP contribution in [-0.4, -0.2) is 17.8 Å². The van der Waals surface area contributed by atoms with Crippen LogP contribution in [0.15, 0.2) is 65.7 Å². The van der Waals surface area contributed by atoms with E-state index in [-0.39, 0.29) is 17.8 Å². The smallest absolute Gasteiger partial charge is 0.318 e. The lowest BCUT2D eigenvalue weighted by Gasteiger charge is -2.12. The number of fused-ring (bicyclic) bond motifs is 1. The summed E-state index contributed by atoms with van der Waals surface area (Å²) in [5.74, 6) is -0.376. The molecule has 0 bridgehead atoms. The van der Waals surface area contributed by atoms with Crippen LogP contribution in [0.5, 0.6) is 5.75 Å². The average Bonchev–Trinajstić information content (AvgIpc) is 2.67. The van der Waals surface area contributed by atoms with Gasteiger partial charge in [-0.15, -0.1) is 0 Å². The van der Waals surface area contributed by atoms with E-state index in [1.165, 1.54) is 0 Å². The lowest BCUT2D eigenvalue weighted by atomic mass is 10.0. The fourth-order valence-corrected chi connectivity index (χ4v) is 2.78. The van der Waals surface area contributed by atoms with Gasteiger partial charge in [-0.2, -0.15) is 0 Å². The van der Waals surface area contributed by atoms with E-state index in [0.29, 0.717) is 17.0 Å². The number of hydrogen-bond acceptors (Lipinski definition) is 4. The largest absolute Gasteiger partial charge is 0.426 e. The van der Waals surface area contributed by atoms with Crippen molar-refractivity contribution in [2.24, 2.45) is 22.2 Å². The minimum Gasteiger partial charge on any atom is -0.426 e. The van der Waals surface area contributed by atoms with Gasteiger partial charge in [-0.3, -0.25) is 10.2 Å². The second kappa shape index (κ2) is 7.79. The third-order valence-corrected chi connectivity index (χ3v) is 4.35. The van der Waals surface area contributed by atoms with Crippen molar-refractivity contribution in [3.63, 3.8) is 0 Å². The quantitative estimate of drug-likeness (QED) is 0.235. The number of aliphatic imine (C=N–C) groups is 1. The highest BCUT2D eigenvalue weighted by Gasteiger charge is 2.18. The molecule has 0 saturated carbocycles. The fourth-order valence-electron chi connectivity index (χ4n) is 2.78. The van der Waals surface area contributed by atoms with E-state index < -0.39 is 5.92 Å². The molecule has 7 heteroatoms. The standard InChI is InChI=1S/C21H21N5O2/c1-12(13-4-7-17(8-5-13)26-21(24)25)20(27)28-18-9-6-14-10-16(19(22)23)3-2-15(14)11-18/h2-12H,1H3,(H3,22,23)(H4,24,25,26). The second-order valence-corrected chi connectivity index (χ2v) is 6.41. The molecule has 0 spiro atoms. The average molecular weight is 375 g/mol. The molecule has 3 rings (SSSR count). The number of nitrogens with two attached hydrogens (primary N) is 3. The number of esters is 1. The van der Waals surface area contributed by atoms with Gasteiger partial charge < -0.3 is 21.9 Å². The predicted octanol–water partition coefficient (Wildman–Crippen LogP) is 2.74. The van der Waals surface area contributed by atoms with Crippen molar-refractivity contribution in [3.8, 4) is 5.75 Å². The number of guanidine groups is 1. The summed E-state index contributed by atoms with van der Waals surface area (Å²) in [7, 11) is 0. The van der Waals surface area contributed by atoms with Gasteiger partial charge in [-0.25, -0.2) is 4.99 Å². The molecular weight excluding hydrogens is 354 g/mol. The summed E-state index contributed by atoms with van der Waals surface area (Å²) in [6.45, 7) is 1.78. The number of carbonyl (C=O) groups excluding carboxylic acids is 1. The van der Waals surface area contributed by atoms with Crippen LogP contribution >= 0.6 is 0 Å². The Morgan fingerprint density at radius 3 is 2.25 bits per heavy atom. The summed E-state index contributed by atoms with van der Waals surface area (Å²) < 4.78 is 5.54. The Kier molecular flexibility index (Phi) is 5.26. The minimum absolute atomic E-state index is 0.0112. The third-order valence-electron chi connectivity index (χ3n) is 4.35. The molecule has 0 heterocycles. The molecule has 0 amide bonds. The molecule has 0 aromatic heterocycles. The molecular formula is C21H21N5O2. The minimum atomic E-state index is -0.455. The Hall–Kier alpha value is -3.87. The number of nitrogens with zero attached hydrogens (tertiary/aromatic N) is 1. The van der Waals surface area contributed by atoms with Gasteiger partial charge in [0.2, 0.25) is 0 Å². The van der Waals surface area contributed by atoms with Gasteiger partial charge >= 0.3 is 5.97 Å². The van der Waals surface area contributed by atoms with Gasteiger partial charge in [0.1, 0.15) is 11.6 Å². The lowest BCUT2D eigenvalue weighted by molar-refractivity contribution is -0.135. The van der Waals surface area contributed by atoms with Crippen molar-refractivity contribution in [2.75, 3.05) is 0 Å². The Morgan fingerprint density at radius 2 is 1.61 bits per heavy atom. The number of benzene rings is 3. The van der Waals surface area contributed by atoms with Gasteiger partial charge in [-0.1, -0.05) is 30.3 Å². The van der Waals surface area contributed by atoms with Crippen LogP contribution in [0, 0.1) is 5.41 Å². The summed E-state index contributed by atoms with van der Waals surface area (Å²) >= 11 is 0. The number of ether oxygens (including phenoxy) is 1. The number of nitrogens with one attached hydrogen (secondary N) is 1. The van der Waals surface area contributed by atoms with Crippen molar-refractivity contribution >= 4 is 34.2 Å². The molecule has 142 valence electrons. The van der Waals surface area contributed by atoms with Crippen LogP contribution in [-0.2, 0) is 4.79 Å². The Balaban J connectivity index is 1.75. The Morgan fingerprint density at radius 1 is 0.964 bits per heavy atom. The van der Waals surface area contributed by atoms with Gasteiger partial charge in [0.25, 0.3) is 0 Å². The first-order valence-electron chi connectivity index (χ1n) is 8.63. The van der Waals surface area contributed by atoms with Crippen molar-refractivity contribution < 1.29 is 9.53 Å². The van der Waals surface area contributed by atoms with Gasteiger partial charge in [0.05, 0.1) is 11.6 Å². The first kappa shape index (κ1) is 18.9. The lowest BCUT2D eigenvalue weighted by Crippen LogP contribution is -2.21. The molecule has 0 saturated heterocycles. The fraction of sp³-hybridized carbons (Fsp3) is 0.0952. The molecule has 0 fully saturated rings. The predicted molar refractivity (Wildman–Crippen MR) is 111 cm³/mol. The van der Waals surface area contributed by atoms with Crippen molar-refractivity contribution in [1.82, 2.24) is 0 Å². The van der Waals surface area contributed by atoms with Gasteiger partial charge in [0, 0.05) is 5.56 Å². The molecule has 1 unspecified atom stereocenters. The highest BCUT2D eigenvalue weighted by molar-refractivity contribution is 5.99.